The maximum absolute atomic E-state index is 10.1. The molecule has 0 aromatic carbocycles. The Bertz CT molecular complexity index is 362. The highest BCUT2D eigenvalue weighted by atomic mass is 32.3. The van der Waals surface area contributed by atoms with Gasteiger partial charge in [0.15, 0.2) is 0 Å². The average Bonchev–Trinajstić information content (AvgIpc) is 2.50. The molecular weight excluding hydrogens is 248 g/mol. The van der Waals surface area contributed by atoms with Crippen LogP contribution in [0.1, 0.15) is 31.2 Å². The summed E-state index contributed by atoms with van der Waals surface area (Å²) in [6.07, 6.45) is 6.49. The van der Waals surface area contributed by atoms with Crippen molar-refractivity contribution >= 4 is 21.7 Å². The molecule has 1 aromatic rings. The van der Waals surface area contributed by atoms with Crippen LogP contribution in [0.15, 0.2) is 16.8 Å². The minimum absolute atomic E-state index is 0.0183. The first-order valence-electron chi connectivity index (χ1n) is 5.21. The first-order valence-corrected chi connectivity index (χ1v) is 7.51. The van der Waals surface area contributed by atoms with Gasteiger partial charge in [-0.15, -0.1) is 0 Å². The number of thiophene rings is 1. The molecule has 0 spiro atoms. The predicted octanol–water partition coefficient (Wildman–Crippen LogP) is 2.67. The van der Waals surface area contributed by atoms with Crippen LogP contribution < -0.4 is 0 Å². The van der Waals surface area contributed by atoms with Crippen LogP contribution in [-0.4, -0.2) is 19.6 Å². The van der Waals surface area contributed by atoms with Crippen LogP contribution >= 0.6 is 11.3 Å². The van der Waals surface area contributed by atoms with Gasteiger partial charge in [0.1, 0.15) is 0 Å². The van der Waals surface area contributed by atoms with E-state index in [0.717, 1.165) is 5.56 Å². The normalized spacial score (nSPS) is 14.8. The minimum atomic E-state index is -4.27. The van der Waals surface area contributed by atoms with Crippen molar-refractivity contribution in [1.29, 1.82) is 0 Å². The molecule has 0 unspecified atom stereocenters. The van der Waals surface area contributed by atoms with Gasteiger partial charge in [-0.3, -0.25) is 4.55 Å². The SMILES string of the molecule is C1CCC1.O=S(=O)(O)OCCc1ccsc1. The maximum Gasteiger partial charge on any atom is 0.397 e. The molecule has 0 amide bonds. The molecule has 1 heterocycles. The van der Waals surface area contributed by atoms with Crippen molar-refractivity contribution in [2.45, 2.75) is 32.1 Å². The molecule has 1 aliphatic carbocycles. The van der Waals surface area contributed by atoms with Gasteiger partial charge in [0.05, 0.1) is 6.61 Å². The summed E-state index contributed by atoms with van der Waals surface area (Å²) < 4.78 is 32.5. The molecule has 2 rings (SSSR count). The third kappa shape index (κ3) is 6.95. The lowest BCUT2D eigenvalue weighted by molar-refractivity contribution is 0.272. The van der Waals surface area contributed by atoms with Gasteiger partial charge in [-0.25, -0.2) is 4.18 Å². The van der Waals surface area contributed by atoms with Gasteiger partial charge in [0, 0.05) is 0 Å². The van der Waals surface area contributed by atoms with E-state index < -0.39 is 10.4 Å². The number of hydrogen-bond acceptors (Lipinski definition) is 4. The first kappa shape index (κ1) is 13.6. The summed E-state index contributed by atoms with van der Waals surface area (Å²) in [4.78, 5) is 0. The molecular formula is C10H16O4S2. The second-order valence-corrected chi connectivity index (χ2v) is 5.42. The van der Waals surface area contributed by atoms with Gasteiger partial charge in [-0.2, -0.15) is 19.8 Å². The average molecular weight is 264 g/mol. The smallest absolute Gasteiger partial charge is 0.264 e. The monoisotopic (exact) mass is 264 g/mol. The third-order valence-corrected chi connectivity index (χ3v) is 3.40. The minimum Gasteiger partial charge on any atom is -0.264 e. The lowest BCUT2D eigenvalue weighted by Crippen LogP contribution is -2.06. The lowest BCUT2D eigenvalue weighted by atomic mass is 10.0. The number of rotatable bonds is 4. The summed E-state index contributed by atoms with van der Waals surface area (Å²) in [7, 11) is -4.27. The van der Waals surface area contributed by atoms with Crippen LogP contribution in [0, 0.1) is 0 Å². The Hall–Kier alpha value is -0.430. The van der Waals surface area contributed by atoms with Crippen molar-refractivity contribution in [1.82, 2.24) is 0 Å². The van der Waals surface area contributed by atoms with Crippen LogP contribution in [0.3, 0.4) is 0 Å². The van der Waals surface area contributed by atoms with E-state index in [-0.39, 0.29) is 6.61 Å². The van der Waals surface area contributed by atoms with Gasteiger partial charge in [-0.05, 0) is 28.8 Å². The van der Waals surface area contributed by atoms with E-state index in [0.29, 0.717) is 6.42 Å². The van der Waals surface area contributed by atoms with Crippen molar-refractivity contribution in [2.75, 3.05) is 6.61 Å². The van der Waals surface area contributed by atoms with Crippen LogP contribution in [0.5, 0.6) is 0 Å². The largest absolute Gasteiger partial charge is 0.397 e. The van der Waals surface area contributed by atoms with E-state index in [1.807, 2.05) is 16.8 Å². The second-order valence-electron chi connectivity index (χ2n) is 3.55. The fourth-order valence-electron chi connectivity index (χ4n) is 0.950. The van der Waals surface area contributed by atoms with Gasteiger partial charge in [-0.1, -0.05) is 25.7 Å². The molecule has 0 aliphatic heterocycles. The molecule has 0 saturated heterocycles. The van der Waals surface area contributed by atoms with Crippen molar-refractivity contribution in [3.63, 3.8) is 0 Å². The van der Waals surface area contributed by atoms with Crippen molar-refractivity contribution in [3.8, 4) is 0 Å². The summed E-state index contributed by atoms with van der Waals surface area (Å²) in [6.45, 7) is -0.0183. The lowest BCUT2D eigenvalue weighted by Gasteiger charge is -2.05. The van der Waals surface area contributed by atoms with E-state index in [4.69, 9.17) is 4.55 Å². The standard InChI is InChI=1S/C6H8O4S2.C4H8/c7-12(8,9)10-3-1-6-2-4-11-5-6;1-2-4-3-1/h2,4-5H,1,3H2,(H,7,8,9);1-4H2. The quantitative estimate of drug-likeness (QED) is 0.849. The van der Waals surface area contributed by atoms with E-state index in [1.54, 1.807) is 0 Å². The Morgan fingerprint density at radius 2 is 1.94 bits per heavy atom. The second kappa shape index (κ2) is 7.01. The molecule has 1 saturated carbocycles. The van der Waals surface area contributed by atoms with Gasteiger partial charge < -0.3 is 0 Å². The Morgan fingerprint density at radius 3 is 2.31 bits per heavy atom. The molecule has 6 heteroatoms. The van der Waals surface area contributed by atoms with Crippen molar-refractivity contribution < 1.29 is 17.2 Å². The summed E-state index contributed by atoms with van der Waals surface area (Å²) in [5.74, 6) is 0. The van der Waals surface area contributed by atoms with Crippen LogP contribution in [0.4, 0.5) is 0 Å². The Morgan fingerprint density at radius 1 is 1.31 bits per heavy atom. The van der Waals surface area contributed by atoms with Crippen LogP contribution in [0.2, 0.25) is 0 Å². The molecule has 0 radical (unpaired) electrons. The van der Waals surface area contributed by atoms with E-state index in [1.165, 1.54) is 37.0 Å². The van der Waals surface area contributed by atoms with Crippen molar-refractivity contribution in [2.24, 2.45) is 0 Å². The Kier molecular flexibility index (Phi) is 5.97. The van der Waals surface area contributed by atoms with Gasteiger partial charge >= 0.3 is 10.4 Å². The molecule has 1 aliphatic rings. The first-order chi connectivity index (χ1) is 7.58. The van der Waals surface area contributed by atoms with Crippen molar-refractivity contribution in [3.05, 3.63) is 22.4 Å². The zero-order valence-corrected chi connectivity index (χ0v) is 10.6. The summed E-state index contributed by atoms with van der Waals surface area (Å²) in [6, 6.07) is 1.87. The zero-order valence-electron chi connectivity index (χ0n) is 8.96. The fourth-order valence-corrected chi connectivity index (χ4v) is 1.95. The summed E-state index contributed by atoms with van der Waals surface area (Å²) >= 11 is 1.53. The summed E-state index contributed by atoms with van der Waals surface area (Å²) in [5.41, 5.74) is 1.00. The highest BCUT2D eigenvalue weighted by molar-refractivity contribution is 7.80. The van der Waals surface area contributed by atoms with Gasteiger partial charge in [0.2, 0.25) is 0 Å². The summed E-state index contributed by atoms with van der Waals surface area (Å²) in [5, 5.41) is 3.79. The molecule has 0 bridgehead atoms. The third-order valence-electron chi connectivity index (χ3n) is 2.20. The molecule has 1 aromatic heterocycles. The molecule has 1 fully saturated rings. The van der Waals surface area contributed by atoms with E-state index in [2.05, 4.69) is 4.18 Å². The van der Waals surface area contributed by atoms with E-state index in [9.17, 15) is 8.42 Å². The molecule has 1 N–H and O–H groups in total. The molecule has 4 nitrogen and oxygen atoms in total. The predicted molar refractivity (Wildman–Crippen MR) is 64.0 cm³/mol. The topological polar surface area (TPSA) is 63.6 Å². The Balaban J connectivity index is 0.000000267. The maximum atomic E-state index is 10.1. The number of hydrogen-bond donors (Lipinski definition) is 1. The molecule has 0 atom stereocenters. The molecule has 92 valence electrons. The Labute approximate surface area is 100 Å². The highest BCUT2D eigenvalue weighted by Crippen LogP contribution is 2.15. The highest BCUT2D eigenvalue weighted by Gasteiger charge is 2.03. The van der Waals surface area contributed by atoms with Crippen LogP contribution in [0.25, 0.3) is 0 Å². The van der Waals surface area contributed by atoms with E-state index >= 15 is 0 Å². The zero-order chi connectivity index (χ0) is 11.9. The van der Waals surface area contributed by atoms with Crippen LogP contribution in [-0.2, 0) is 21.0 Å². The molecule has 16 heavy (non-hydrogen) atoms. The fraction of sp³-hybridized carbons (Fsp3) is 0.600. The van der Waals surface area contributed by atoms with Gasteiger partial charge in [0.25, 0.3) is 0 Å².